The first kappa shape index (κ1) is 18.6. The van der Waals surface area contributed by atoms with Crippen LogP contribution in [0.25, 0.3) is 0 Å². The van der Waals surface area contributed by atoms with Crippen molar-refractivity contribution >= 4 is 5.91 Å². The van der Waals surface area contributed by atoms with Crippen LogP contribution in [0.1, 0.15) is 29.2 Å². The molecule has 2 unspecified atom stereocenters. The molecular formula is C22H29N3O. The molecule has 1 aliphatic rings. The van der Waals surface area contributed by atoms with Gasteiger partial charge in [-0.1, -0.05) is 60.2 Å². The van der Waals surface area contributed by atoms with Crippen LogP contribution in [-0.4, -0.2) is 37.0 Å². The molecule has 1 heterocycles. The molecule has 1 saturated heterocycles. The van der Waals surface area contributed by atoms with Gasteiger partial charge in [0, 0.05) is 19.6 Å². The van der Waals surface area contributed by atoms with Crippen molar-refractivity contribution in [2.75, 3.05) is 26.2 Å². The summed E-state index contributed by atoms with van der Waals surface area (Å²) in [7, 11) is 0. The fourth-order valence-electron chi connectivity index (χ4n) is 3.49. The molecule has 1 fully saturated rings. The zero-order valence-corrected chi connectivity index (χ0v) is 15.5. The summed E-state index contributed by atoms with van der Waals surface area (Å²) in [4.78, 5) is 14.8. The number of amides is 1. The van der Waals surface area contributed by atoms with Crippen molar-refractivity contribution in [3.63, 3.8) is 0 Å². The molecule has 3 N–H and O–H groups in total. The average Bonchev–Trinajstić information content (AvgIpc) is 3.13. The first-order valence-electron chi connectivity index (χ1n) is 9.48. The molecule has 4 nitrogen and oxygen atoms in total. The highest BCUT2D eigenvalue weighted by molar-refractivity contribution is 5.82. The predicted octanol–water partition coefficient (Wildman–Crippen LogP) is 2.68. The van der Waals surface area contributed by atoms with Gasteiger partial charge in [-0.15, -0.1) is 0 Å². The largest absolute Gasteiger partial charge is 0.354 e. The maximum Gasteiger partial charge on any atom is 0.241 e. The van der Waals surface area contributed by atoms with E-state index in [9.17, 15) is 4.79 Å². The highest BCUT2D eigenvalue weighted by atomic mass is 16.2. The molecule has 0 spiro atoms. The molecule has 0 aliphatic carbocycles. The standard InChI is InChI=1S/C22H29N3O/c1-17-7-9-20(10-8-17)21(23)22(26)24-15-19-12-14-25(16-19)13-11-18-5-3-2-4-6-18/h2-10,19,21H,11-16,23H2,1H3,(H,24,26). The molecule has 0 aromatic heterocycles. The number of carbonyl (C=O) groups excluding carboxylic acids is 1. The number of benzene rings is 2. The highest BCUT2D eigenvalue weighted by Gasteiger charge is 2.23. The van der Waals surface area contributed by atoms with Crippen LogP contribution in [0.15, 0.2) is 54.6 Å². The van der Waals surface area contributed by atoms with Crippen LogP contribution in [0.2, 0.25) is 0 Å². The molecule has 4 heteroatoms. The molecule has 2 aromatic rings. The number of hydrogen-bond acceptors (Lipinski definition) is 3. The van der Waals surface area contributed by atoms with Crippen LogP contribution < -0.4 is 11.1 Å². The molecule has 26 heavy (non-hydrogen) atoms. The molecule has 2 aromatic carbocycles. The van der Waals surface area contributed by atoms with E-state index >= 15 is 0 Å². The highest BCUT2D eigenvalue weighted by Crippen LogP contribution is 2.17. The zero-order chi connectivity index (χ0) is 18.4. The quantitative estimate of drug-likeness (QED) is 0.806. The second-order valence-corrected chi connectivity index (χ2v) is 7.32. The first-order valence-corrected chi connectivity index (χ1v) is 9.48. The van der Waals surface area contributed by atoms with Crippen molar-refractivity contribution in [2.45, 2.75) is 25.8 Å². The smallest absolute Gasteiger partial charge is 0.241 e. The monoisotopic (exact) mass is 351 g/mol. The van der Waals surface area contributed by atoms with Gasteiger partial charge in [0.05, 0.1) is 0 Å². The topological polar surface area (TPSA) is 58.4 Å². The number of rotatable bonds is 7. The second kappa shape index (κ2) is 8.97. The first-order chi connectivity index (χ1) is 12.6. The molecule has 1 amide bonds. The third-order valence-electron chi connectivity index (χ3n) is 5.21. The Hall–Kier alpha value is -2.17. The Morgan fingerprint density at radius 2 is 1.92 bits per heavy atom. The van der Waals surface area contributed by atoms with Crippen molar-refractivity contribution in [1.29, 1.82) is 0 Å². The van der Waals surface area contributed by atoms with Crippen molar-refractivity contribution in [2.24, 2.45) is 11.7 Å². The summed E-state index contributed by atoms with van der Waals surface area (Å²) in [6.45, 7) is 5.97. The van der Waals surface area contributed by atoms with E-state index < -0.39 is 6.04 Å². The van der Waals surface area contributed by atoms with Gasteiger partial charge in [0.1, 0.15) is 6.04 Å². The average molecular weight is 351 g/mol. The molecule has 1 aliphatic heterocycles. The Balaban J connectivity index is 1.39. The molecule has 0 saturated carbocycles. The van der Waals surface area contributed by atoms with Crippen LogP contribution >= 0.6 is 0 Å². The lowest BCUT2D eigenvalue weighted by atomic mass is 10.0. The Labute approximate surface area is 156 Å². The lowest BCUT2D eigenvalue weighted by Gasteiger charge is -2.17. The van der Waals surface area contributed by atoms with E-state index in [0.29, 0.717) is 12.5 Å². The summed E-state index contributed by atoms with van der Waals surface area (Å²) >= 11 is 0. The molecule has 0 bridgehead atoms. The summed E-state index contributed by atoms with van der Waals surface area (Å²) in [6, 6.07) is 17.9. The Morgan fingerprint density at radius 1 is 1.19 bits per heavy atom. The number of aryl methyl sites for hydroxylation is 1. The summed E-state index contributed by atoms with van der Waals surface area (Å²) in [5.74, 6) is 0.427. The summed E-state index contributed by atoms with van der Waals surface area (Å²) in [6.07, 6.45) is 2.22. The van der Waals surface area contributed by atoms with Crippen molar-refractivity contribution in [1.82, 2.24) is 10.2 Å². The minimum absolute atomic E-state index is 0.0865. The lowest BCUT2D eigenvalue weighted by Crippen LogP contribution is -2.37. The SMILES string of the molecule is Cc1ccc(C(N)C(=O)NCC2CCN(CCc3ccccc3)C2)cc1. The Bertz CT molecular complexity index is 699. The summed E-state index contributed by atoms with van der Waals surface area (Å²) in [5, 5.41) is 3.04. The third kappa shape index (κ3) is 5.16. The van der Waals surface area contributed by atoms with Gasteiger partial charge in [-0.3, -0.25) is 4.79 Å². The van der Waals surface area contributed by atoms with E-state index in [2.05, 4.69) is 40.5 Å². The number of nitrogens with one attached hydrogen (secondary N) is 1. The predicted molar refractivity (Wildman–Crippen MR) is 106 cm³/mol. The van der Waals surface area contributed by atoms with Crippen LogP contribution in [0, 0.1) is 12.8 Å². The van der Waals surface area contributed by atoms with Crippen molar-refractivity contribution in [3.05, 3.63) is 71.3 Å². The van der Waals surface area contributed by atoms with Crippen molar-refractivity contribution in [3.8, 4) is 0 Å². The maximum atomic E-state index is 12.3. The number of carbonyl (C=O) groups is 1. The van der Waals surface area contributed by atoms with Crippen molar-refractivity contribution < 1.29 is 4.79 Å². The number of nitrogens with zero attached hydrogens (tertiary/aromatic N) is 1. The fraction of sp³-hybridized carbons (Fsp3) is 0.409. The summed E-state index contributed by atoms with van der Waals surface area (Å²) in [5.41, 5.74) is 9.51. The van der Waals surface area contributed by atoms with E-state index in [-0.39, 0.29) is 5.91 Å². The summed E-state index contributed by atoms with van der Waals surface area (Å²) < 4.78 is 0. The van der Waals surface area contributed by atoms with E-state index in [0.717, 1.165) is 38.0 Å². The number of nitrogens with two attached hydrogens (primary N) is 1. The number of likely N-dealkylation sites (tertiary alicyclic amines) is 1. The van der Waals surface area contributed by atoms with Crippen LogP contribution in [0.5, 0.6) is 0 Å². The lowest BCUT2D eigenvalue weighted by molar-refractivity contribution is -0.122. The van der Waals surface area contributed by atoms with E-state index in [4.69, 9.17) is 5.73 Å². The van der Waals surface area contributed by atoms with E-state index in [1.54, 1.807) is 0 Å². The van der Waals surface area contributed by atoms with Gasteiger partial charge >= 0.3 is 0 Å². The number of hydrogen-bond donors (Lipinski definition) is 2. The Morgan fingerprint density at radius 3 is 2.65 bits per heavy atom. The Kier molecular flexibility index (Phi) is 6.42. The minimum Gasteiger partial charge on any atom is -0.354 e. The maximum absolute atomic E-state index is 12.3. The van der Waals surface area contributed by atoms with Crippen LogP contribution in [0.4, 0.5) is 0 Å². The fourth-order valence-corrected chi connectivity index (χ4v) is 3.49. The van der Waals surface area contributed by atoms with Gasteiger partial charge in [-0.05, 0) is 43.4 Å². The van der Waals surface area contributed by atoms with Crippen LogP contribution in [0.3, 0.4) is 0 Å². The van der Waals surface area contributed by atoms with Gasteiger partial charge in [0.25, 0.3) is 0 Å². The molecule has 2 atom stereocenters. The molecule has 138 valence electrons. The molecule has 3 rings (SSSR count). The molecular weight excluding hydrogens is 322 g/mol. The third-order valence-corrected chi connectivity index (χ3v) is 5.21. The second-order valence-electron chi connectivity index (χ2n) is 7.32. The molecule has 0 radical (unpaired) electrons. The normalized spacial score (nSPS) is 18.6. The van der Waals surface area contributed by atoms with Crippen LogP contribution in [-0.2, 0) is 11.2 Å². The minimum atomic E-state index is -0.591. The van der Waals surface area contributed by atoms with Gasteiger partial charge in [-0.2, -0.15) is 0 Å². The van der Waals surface area contributed by atoms with E-state index in [1.807, 2.05) is 31.2 Å². The zero-order valence-electron chi connectivity index (χ0n) is 15.5. The van der Waals surface area contributed by atoms with Gasteiger partial charge < -0.3 is 16.0 Å². The van der Waals surface area contributed by atoms with E-state index in [1.165, 1.54) is 11.1 Å². The van der Waals surface area contributed by atoms with Gasteiger partial charge in [-0.25, -0.2) is 0 Å². The van der Waals surface area contributed by atoms with Gasteiger partial charge in [0.2, 0.25) is 5.91 Å². The van der Waals surface area contributed by atoms with Gasteiger partial charge in [0.15, 0.2) is 0 Å².